The van der Waals surface area contributed by atoms with Crippen LogP contribution in [0.25, 0.3) is 0 Å². The normalized spacial score (nSPS) is 15.9. The lowest BCUT2D eigenvalue weighted by molar-refractivity contribution is 0.124. The number of hydrogen-bond donors (Lipinski definition) is 1. The monoisotopic (exact) mass is 291 g/mol. The molecule has 0 aromatic heterocycles. The SMILES string of the molecule is CCCNC(CCOCCC)c1cccc(OC2CC2)c1. The van der Waals surface area contributed by atoms with E-state index in [1.165, 1.54) is 18.4 Å². The van der Waals surface area contributed by atoms with Gasteiger partial charge in [-0.05, 0) is 56.3 Å². The number of benzene rings is 1. The summed E-state index contributed by atoms with van der Waals surface area (Å²) in [7, 11) is 0. The quantitative estimate of drug-likeness (QED) is 0.623. The molecule has 21 heavy (non-hydrogen) atoms. The lowest BCUT2D eigenvalue weighted by Gasteiger charge is -2.20. The van der Waals surface area contributed by atoms with E-state index >= 15 is 0 Å². The van der Waals surface area contributed by atoms with Crippen molar-refractivity contribution < 1.29 is 9.47 Å². The Morgan fingerprint density at radius 3 is 2.76 bits per heavy atom. The molecule has 1 N–H and O–H groups in total. The Labute approximate surface area is 129 Å². The lowest BCUT2D eigenvalue weighted by Crippen LogP contribution is -2.23. The van der Waals surface area contributed by atoms with Crippen LogP contribution < -0.4 is 10.1 Å². The molecule has 1 fully saturated rings. The molecule has 118 valence electrons. The molecule has 3 heteroatoms. The smallest absolute Gasteiger partial charge is 0.120 e. The van der Waals surface area contributed by atoms with E-state index in [-0.39, 0.29) is 0 Å². The van der Waals surface area contributed by atoms with E-state index in [1.807, 2.05) is 0 Å². The summed E-state index contributed by atoms with van der Waals surface area (Å²) in [6.07, 6.45) is 6.09. The minimum absolute atomic E-state index is 0.351. The van der Waals surface area contributed by atoms with Crippen LogP contribution in [0.4, 0.5) is 0 Å². The summed E-state index contributed by atoms with van der Waals surface area (Å²) in [5.41, 5.74) is 1.31. The van der Waals surface area contributed by atoms with Gasteiger partial charge in [0.05, 0.1) is 6.10 Å². The highest BCUT2D eigenvalue weighted by molar-refractivity contribution is 5.31. The third kappa shape index (κ3) is 6.06. The fourth-order valence-corrected chi connectivity index (χ4v) is 2.34. The van der Waals surface area contributed by atoms with Gasteiger partial charge in [0.25, 0.3) is 0 Å². The zero-order valence-electron chi connectivity index (χ0n) is 13.4. The highest BCUT2D eigenvalue weighted by Crippen LogP contribution is 2.29. The second-order valence-electron chi connectivity index (χ2n) is 5.80. The molecule has 1 saturated carbocycles. The van der Waals surface area contributed by atoms with Gasteiger partial charge >= 0.3 is 0 Å². The van der Waals surface area contributed by atoms with Crippen molar-refractivity contribution in [2.45, 2.75) is 58.1 Å². The second kappa shape index (κ2) is 9.06. The van der Waals surface area contributed by atoms with Crippen molar-refractivity contribution in [3.8, 4) is 5.75 Å². The molecule has 1 atom stereocenters. The van der Waals surface area contributed by atoms with Crippen molar-refractivity contribution in [2.24, 2.45) is 0 Å². The Bertz CT molecular complexity index is 404. The molecule has 3 nitrogen and oxygen atoms in total. The average molecular weight is 291 g/mol. The van der Waals surface area contributed by atoms with Crippen molar-refractivity contribution in [3.05, 3.63) is 29.8 Å². The van der Waals surface area contributed by atoms with Crippen LogP contribution in [0.2, 0.25) is 0 Å². The van der Waals surface area contributed by atoms with Crippen LogP contribution in [-0.4, -0.2) is 25.9 Å². The molecule has 0 radical (unpaired) electrons. The summed E-state index contributed by atoms with van der Waals surface area (Å²) in [4.78, 5) is 0. The zero-order valence-corrected chi connectivity index (χ0v) is 13.4. The number of nitrogens with one attached hydrogen (secondary N) is 1. The standard InChI is InChI=1S/C18H29NO2/c1-3-11-19-18(10-13-20-12-4-2)15-6-5-7-17(14-15)21-16-8-9-16/h5-7,14,16,18-19H,3-4,8-13H2,1-2H3. The van der Waals surface area contributed by atoms with Crippen LogP contribution >= 0.6 is 0 Å². The molecule has 2 rings (SSSR count). The average Bonchev–Trinajstić information content (AvgIpc) is 3.31. The summed E-state index contributed by atoms with van der Waals surface area (Å²) in [5.74, 6) is 1.01. The van der Waals surface area contributed by atoms with E-state index < -0.39 is 0 Å². The Hall–Kier alpha value is -1.06. The predicted octanol–water partition coefficient (Wildman–Crippen LogP) is 4.09. The van der Waals surface area contributed by atoms with Crippen molar-refractivity contribution in [3.63, 3.8) is 0 Å². The summed E-state index contributed by atoms with van der Waals surface area (Å²) < 4.78 is 11.6. The van der Waals surface area contributed by atoms with Crippen molar-refractivity contribution >= 4 is 0 Å². The van der Waals surface area contributed by atoms with Crippen LogP contribution in [0.3, 0.4) is 0 Å². The topological polar surface area (TPSA) is 30.5 Å². The molecule has 0 bridgehead atoms. The molecule has 1 aliphatic rings. The van der Waals surface area contributed by atoms with E-state index in [0.717, 1.165) is 44.8 Å². The van der Waals surface area contributed by atoms with Gasteiger partial charge in [-0.3, -0.25) is 0 Å². The minimum atomic E-state index is 0.351. The van der Waals surface area contributed by atoms with Gasteiger partial charge in [0.2, 0.25) is 0 Å². The van der Waals surface area contributed by atoms with Gasteiger partial charge in [0.15, 0.2) is 0 Å². The third-order valence-electron chi connectivity index (χ3n) is 3.63. The Balaban J connectivity index is 1.92. The Kier molecular flexibility index (Phi) is 7.04. The van der Waals surface area contributed by atoms with Gasteiger partial charge in [-0.2, -0.15) is 0 Å². The predicted molar refractivity (Wildman–Crippen MR) is 86.9 cm³/mol. The minimum Gasteiger partial charge on any atom is -0.490 e. The van der Waals surface area contributed by atoms with E-state index in [2.05, 4.69) is 43.4 Å². The molecule has 1 aromatic rings. The molecule has 0 amide bonds. The maximum Gasteiger partial charge on any atom is 0.120 e. The highest BCUT2D eigenvalue weighted by atomic mass is 16.5. The van der Waals surface area contributed by atoms with Gasteiger partial charge in [-0.1, -0.05) is 26.0 Å². The van der Waals surface area contributed by atoms with Crippen LogP contribution in [0.15, 0.2) is 24.3 Å². The molecule has 0 saturated heterocycles. The molecular formula is C18H29NO2. The summed E-state index contributed by atoms with van der Waals surface area (Å²) >= 11 is 0. The van der Waals surface area contributed by atoms with Crippen LogP contribution in [0.5, 0.6) is 5.75 Å². The summed E-state index contributed by atoms with van der Waals surface area (Å²) in [5, 5.41) is 3.62. The fraction of sp³-hybridized carbons (Fsp3) is 0.667. The number of ether oxygens (including phenoxy) is 2. The van der Waals surface area contributed by atoms with Gasteiger partial charge < -0.3 is 14.8 Å². The fourth-order valence-electron chi connectivity index (χ4n) is 2.34. The van der Waals surface area contributed by atoms with Crippen LogP contribution in [0, 0.1) is 0 Å². The van der Waals surface area contributed by atoms with Gasteiger partial charge in [0, 0.05) is 19.3 Å². The third-order valence-corrected chi connectivity index (χ3v) is 3.63. The molecule has 0 spiro atoms. The van der Waals surface area contributed by atoms with E-state index in [1.54, 1.807) is 0 Å². The van der Waals surface area contributed by atoms with Crippen LogP contribution in [0.1, 0.15) is 57.6 Å². The number of rotatable bonds is 11. The largest absolute Gasteiger partial charge is 0.490 e. The van der Waals surface area contributed by atoms with Crippen molar-refractivity contribution in [1.82, 2.24) is 5.32 Å². The second-order valence-corrected chi connectivity index (χ2v) is 5.80. The van der Waals surface area contributed by atoms with Crippen molar-refractivity contribution in [1.29, 1.82) is 0 Å². The maximum absolute atomic E-state index is 5.90. The molecular weight excluding hydrogens is 262 g/mol. The van der Waals surface area contributed by atoms with E-state index in [9.17, 15) is 0 Å². The Morgan fingerprint density at radius 1 is 1.19 bits per heavy atom. The van der Waals surface area contributed by atoms with Crippen LogP contribution in [-0.2, 0) is 4.74 Å². The number of hydrogen-bond acceptors (Lipinski definition) is 3. The lowest BCUT2D eigenvalue weighted by atomic mass is 10.0. The molecule has 1 aliphatic carbocycles. The summed E-state index contributed by atoms with van der Waals surface area (Å²) in [6, 6.07) is 8.88. The molecule has 0 heterocycles. The first-order chi connectivity index (χ1) is 10.3. The first-order valence-corrected chi connectivity index (χ1v) is 8.41. The maximum atomic E-state index is 5.90. The zero-order chi connectivity index (χ0) is 14.9. The van der Waals surface area contributed by atoms with Gasteiger partial charge in [0.1, 0.15) is 5.75 Å². The van der Waals surface area contributed by atoms with E-state index in [0.29, 0.717) is 12.1 Å². The van der Waals surface area contributed by atoms with Crippen molar-refractivity contribution in [2.75, 3.05) is 19.8 Å². The van der Waals surface area contributed by atoms with Gasteiger partial charge in [-0.25, -0.2) is 0 Å². The first-order valence-electron chi connectivity index (χ1n) is 8.41. The molecule has 1 unspecified atom stereocenters. The highest BCUT2D eigenvalue weighted by Gasteiger charge is 2.23. The van der Waals surface area contributed by atoms with Gasteiger partial charge in [-0.15, -0.1) is 0 Å². The molecule has 1 aromatic carbocycles. The summed E-state index contributed by atoms with van der Waals surface area (Å²) in [6.45, 7) is 7.04. The Morgan fingerprint density at radius 2 is 2.05 bits per heavy atom. The van der Waals surface area contributed by atoms with E-state index in [4.69, 9.17) is 9.47 Å². The first kappa shape index (κ1) is 16.3. The molecule has 0 aliphatic heterocycles.